The van der Waals surface area contributed by atoms with Crippen LogP contribution in [-0.2, 0) is 6.54 Å². The van der Waals surface area contributed by atoms with Crippen molar-refractivity contribution in [3.63, 3.8) is 0 Å². The summed E-state index contributed by atoms with van der Waals surface area (Å²) >= 11 is 12.0. The van der Waals surface area contributed by atoms with Gasteiger partial charge in [0.25, 0.3) is 17.2 Å². The van der Waals surface area contributed by atoms with Gasteiger partial charge < -0.3 is 9.88 Å². The molecule has 0 spiro atoms. The molecule has 0 radical (unpaired) electrons. The average Bonchev–Trinajstić information content (AvgIpc) is 2.66. The van der Waals surface area contributed by atoms with Crippen LogP contribution in [0.1, 0.15) is 15.9 Å². The molecule has 0 aliphatic heterocycles. The van der Waals surface area contributed by atoms with E-state index in [0.717, 1.165) is 0 Å². The van der Waals surface area contributed by atoms with E-state index in [1.165, 1.54) is 47.2 Å². The number of hydrogen-bond acceptors (Lipinski definition) is 4. The zero-order chi connectivity index (χ0) is 20.3. The van der Waals surface area contributed by atoms with Crippen LogP contribution < -0.4 is 10.9 Å². The Morgan fingerprint density at radius 3 is 2.64 bits per heavy atom. The van der Waals surface area contributed by atoms with Crippen LogP contribution in [0.5, 0.6) is 0 Å². The molecule has 3 aromatic rings. The number of nitro benzene ring substituents is 1. The number of amides is 1. The summed E-state index contributed by atoms with van der Waals surface area (Å²) in [5.74, 6) is -0.475. The topological polar surface area (TPSA) is 94.2 Å². The second kappa shape index (κ2) is 8.24. The summed E-state index contributed by atoms with van der Waals surface area (Å²) in [4.78, 5) is 35.0. The Morgan fingerprint density at radius 2 is 1.89 bits per heavy atom. The van der Waals surface area contributed by atoms with Crippen LogP contribution in [0.4, 0.5) is 11.4 Å². The van der Waals surface area contributed by atoms with Crippen LogP contribution >= 0.6 is 23.2 Å². The first-order valence-corrected chi connectivity index (χ1v) is 8.79. The normalized spacial score (nSPS) is 10.5. The number of hydrogen-bond donors (Lipinski definition) is 1. The van der Waals surface area contributed by atoms with Gasteiger partial charge >= 0.3 is 0 Å². The minimum atomic E-state index is -0.509. The van der Waals surface area contributed by atoms with Gasteiger partial charge in [0.2, 0.25) is 0 Å². The maximum atomic E-state index is 12.5. The number of rotatable bonds is 5. The number of nitro groups is 1. The van der Waals surface area contributed by atoms with Gasteiger partial charge in [-0.25, -0.2) is 0 Å². The second-order valence-electron chi connectivity index (χ2n) is 5.89. The molecule has 2 aromatic carbocycles. The van der Waals surface area contributed by atoms with Gasteiger partial charge in [-0.05, 0) is 29.8 Å². The number of carbonyl (C=O) groups is 1. The van der Waals surface area contributed by atoms with Gasteiger partial charge in [0.15, 0.2) is 0 Å². The third-order valence-corrected chi connectivity index (χ3v) is 4.46. The molecule has 1 aromatic heterocycles. The molecule has 0 saturated carbocycles. The first kappa shape index (κ1) is 19.6. The van der Waals surface area contributed by atoms with Crippen molar-refractivity contribution in [3.8, 4) is 0 Å². The minimum Gasteiger partial charge on any atom is -0.321 e. The quantitative estimate of drug-likeness (QED) is 0.492. The minimum absolute atomic E-state index is 0.0740. The molecule has 1 amide bonds. The maximum Gasteiger partial charge on any atom is 0.269 e. The number of nitrogens with zero attached hydrogens (tertiary/aromatic N) is 2. The van der Waals surface area contributed by atoms with Crippen molar-refractivity contribution < 1.29 is 9.72 Å². The Hall–Kier alpha value is -3.16. The molecular weight excluding hydrogens is 405 g/mol. The van der Waals surface area contributed by atoms with Crippen molar-refractivity contribution in [1.82, 2.24) is 4.57 Å². The van der Waals surface area contributed by atoms with Gasteiger partial charge in [0.1, 0.15) is 0 Å². The highest BCUT2D eigenvalue weighted by Crippen LogP contribution is 2.25. The smallest absolute Gasteiger partial charge is 0.269 e. The van der Waals surface area contributed by atoms with E-state index >= 15 is 0 Å². The van der Waals surface area contributed by atoms with Gasteiger partial charge in [0.05, 0.1) is 27.7 Å². The molecule has 0 aliphatic rings. The first-order valence-electron chi connectivity index (χ1n) is 8.04. The van der Waals surface area contributed by atoms with Crippen LogP contribution in [-0.4, -0.2) is 15.4 Å². The Labute approximate surface area is 169 Å². The number of anilines is 1. The van der Waals surface area contributed by atoms with Crippen LogP contribution in [0.2, 0.25) is 10.0 Å². The van der Waals surface area contributed by atoms with E-state index in [0.29, 0.717) is 21.3 Å². The standard InChI is InChI=1S/C19H13Cl2N3O4/c20-14-5-6-16(21)17(9-14)22-19(26)13-4-7-18(25)23(11-13)10-12-2-1-3-15(8-12)24(27)28/h1-9,11H,10H2,(H,22,26). The summed E-state index contributed by atoms with van der Waals surface area (Å²) in [6.07, 6.45) is 1.38. The lowest BCUT2D eigenvalue weighted by Gasteiger charge is -2.10. The zero-order valence-electron chi connectivity index (χ0n) is 14.3. The highest BCUT2D eigenvalue weighted by molar-refractivity contribution is 6.35. The van der Waals surface area contributed by atoms with Crippen LogP contribution in [0.15, 0.2) is 65.6 Å². The van der Waals surface area contributed by atoms with Crippen molar-refractivity contribution in [3.05, 3.63) is 102 Å². The van der Waals surface area contributed by atoms with Crippen molar-refractivity contribution in [1.29, 1.82) is 0 Å². The van der Waals surface area contributed by atoms with Crippen molar-refractivity contribution >= 4 is 40.5 Å². The molecule has 1 heterocycles. The van der Waals surface area contributed by atoms with E-state index in [1.54, 1.807) is 18.2 Å². The van der Waals surface area contributed by atoms with Crippen LogP contribution in [0, 0.1) is 10.1 Å². The molecule has 0 unspecified atom stereocenters. The molecule has 1 N–H and O–H groups in total. The van der Waals surface area contributed by atoms with Gasteiger partial charge in [0, 0.05) is 29.4 Å². The number of pyridine rings is 1. The number of nitrogens with one attached hydrogen (secondary N) is 1. The molecule has 9 heteroatoms. The molecule has 7 nitrogen and oxygen atoms in total. The van der Waals surface area contributed by atoms with Gasteiger partial charge in [-0.2, -0.15) is 0 Å². The lowest BCUT2D eigenvalue weighted by Crippen LogP contribution is -2.22. The van der Waals surface area contributed by atoms with Crippen molar-refractivity contribution in [2.75, 3.05) is 5.32 Å². The van der Waals surface area contributed by atoms with E-state index < -0.39 is 10.8 Å². The fourth-order valence-corrected chi connectivity index (χ4v) is 2.88. The van der Waals surface area contributed by atoms with Gasteiger partial charge in [-0.3, -0.25) is 19.7 Å². The number of halogens is 2. The zero-order valence-corrected chi connectivity index (χ0v) is 15.8. The summed E-state index contributed by atoms with van der Waals surface area (Å²) < 4.78 is 1.30. The third kappa shape index (κ3) is 4.57. The molecular formula is C19H13Cl2N3O4. The summed E-state index contributed by atoms with van der Waals surface area (Å²) in [5.41, 5.74) is 0.710. The maximum absolute atomic E-state index is 12.5. The van der Waals surface area contributed by atoms with E-state index in [2.05, 4.69) is 5.32 Å². The Balaban J connectivity index is 1.86. The number of aromatic nitrogens is 1. The number of benzene rings is 2. The molecule has 0 fully saturated rings. The summed E-state index contributed by atoms with van der Waals surface area (Å²) in [6, 6.07) is 13.3. The highest BCUT2D eigenvalue weighted by atomic mass is 35.5. The van der Waals surface area contributed by atoms with E-state index in [-0.39, 0.29) is 23.4 Å². The lowest BCUT2D eigenvalue weighted by atomic mass is 10.2. The Morgan fingerprint density at radius 1 is 1.11 bits per heavy atom. The molecule has 142 valence electrons. The largest absolute Gasteiger partial charge is 0.321 e. The predicted molar refractivity (Wildman–Crippen MR) is 107 cm³/mol. The Kier molecular flexibility index (Phi) is 5.77. The fourth-order valence-electron chi connectivity index (χ4n) is 2.54. The molecule has 0 saturated heterocycles. The monoisotopic (exact) mass is 417 g/mol. The van der Waals surface area contributed by atoms with Crippen LogP contribution in [0.3, 0.4) is 0 Å². The predicted octanol–water partition coefficient (Wildman–Crippen LogP) is 4.36. The van der Waals surface area contributed by atoms with Gasteiger partial charge in [-0.15, -0.1) is 0 Å². The number of carbonyl (C=O) groups excluding carboxylic acids is 1. The van der Waals surface area contributed by atoms with Gasteiger partial charge in [-0.1, -0.05) is 35.3 Å². The van der Waals surface area contributed by atoms with Crippen molar-refractivity contribution in [2.24, 2.45) is 0 Å². The number of non-ortho nitro benzene ring substituents is 1. The van der Waals surface area contributed by atoms with E-state index in [4.69, 9.17) is 23.2 Å². The average molecular weight is 418 g/mol. The molecule has 0 atom stereocenters. The lowest BCUT2D eigenvalue weighted by molar-refractivity contribution is -0.384. The van der Waals surface area contributed by atoms with Crippen LogP contribution in [0.25, 0.3) is 0 Å². The molecule has 28 heavy (non-hydrogen) atoms. The third-order valence-electron chi connectivity index (χ3n) is 3.90. The summed E-state index contributed by atoms with van der Waals surface area (Å²) in [7, 11) is 0. The summed E-state index contributed by atoms with van der Waals surface area (Å²) in [6.45, 7) is 0.0829. The SMILES string of the molecule is O=C(Nc1cc(Cl)ccc1Cl)c1ccc(=O)n(Cc2cccc([N+](=O)[O-])c2)c1. The summed E-state index contributed by atoms with van der Waals surface area (Å²) in [5, 5.41) is 14.3. The first-order chi connectivity index (χ1) is 13.3. The molecule has 0 aliphatic carbocycles. The Bertz CT molecular complexity index is 1130. The highest BCUT2D eigenvalue weighted by Gasteiger charge is 2.12. The van der Waals surface area contributed by atoms with Crippen molar-refractivity contribution in [2.45, 2.75) is 6.54 Å². The van der Waals surface area contributed by atoms with E-state index in [9.17, 15) is 19.7 Å². The molecule has 0 bridgehead atoms. The second-order valence-corrected chi connectivity index (χ2v) is 6.73. The molecule has 3 rings (SSSR count). The fraction of sp³-hybridized carbons (Fsp3) is 0.0526. The van der Waals surface area contributed by atoms with E-state index in [1.807, 2.05) is 0 Å².